The molecule has 3 atom stereocenters. The summed E-state index contributed by atoms with van der Waals surface area (Å²) in [5, 5.41) is 19.7. The van der Waals surface area contributed by atoms with Crippen LogP contribution in [0, 0.1) is 5.92 Å². The summed E-state index contributed by atoms with van der Waals surface area (Å²) < 4.78 is 0. The Morgan fingerprint density at radius 2 is 1.92 bits per heavy atom. The average Bonchev–Trinajstić information content (AvgIpc) is 2.02. The van der Waals surface area contributed by atoms with Gasteiger partial charge in [-0.2, -0.15) is 0 Å². The van der Waals surface area contributed by atoms with Crippen molar-refractivity contribution >= 4 is 0 Å². The summed E-state index contributed by atoms with van der Waals surface area (Å²) in [5.41, 5.74) is -0.504. The molecule has 2 aliphatic rings. The second-order valence-corrected chi connectivity index (χ2v) is 4.48. The first-order valence-electron chi connectivity index (χ1n) is 5.11. The SMILES string of the molecule is OC1CCC2CCCCC2(O)C1. The van der Waals surface area contributed by atoms with Crippen molar-refractivity contribution in [2.45, 2.75) is 56.7 Å². The van der Waals surface area contributed by atoms with E-state index in [0.717, 1.165) is 25.7 Å². The van der Waals surface area contributed by atoms with E-state index >= 15 is 0 Å². The summed E-state index contributed by atoms with van der Waals surface area (Å²) >= 11 is 0. The van der Waals surface area contributed by atoms with Gasteiger partial charge in [0.1, 0.15) is 0 Å². The van der Waals surface area contributed by atoms with Gasteiger partial charge in [-0.05, 0) is 31.6 Å². The molecular formula is C10H18O2. The second kappa shape index (κ2) is 3.00. The number of aliphatic hydroxyl groups excluding tert-OH is 1. The van der Waals surface area contributed by atoms with Crippen LogP contribution in [0.3, 0.4) is 0 Å². The molecule has 70 valence electrons. The first-order valence-corrected chi connectivity index (χ1v) is 5.11. The van der Waals surface area contributed by atoms with Crippen molar-refractivity contribution in [3.8, 4) is 0 Å². The minimum Gasteiger partial charge on any atom is -0.393 e. The summed E-state index contributed by atoms with van der Waals surface area (Å²) in [6.45, 7) is 0. The smallest absolute Gasteiger partial charge is 0.0700 e. The number of fused-ring (bicyclic) bond motifs is 1. The van der Waals surface area contributed by atoms with Gasteiger partial charge in [-0.3, -0.25) is 0 Å². The Labute approximate surface area is 73.6 Å². The molecule has 0 aromatic rings. The zero-order valence-electron chi connectivity index (χ0n) is 7.50. The highest BCUT2D eigenvalue weighted by atomic mass is 16.3. The monoisotopic (exact) mass is 170 g/mol. The van der Waals surface area contributed by atoms with E-state index in [1.54, 1.807) is 0 Å². The highest BCUT2D eigenvalue weighted by molar-refractivity contribution is 4.95. The molecular weight excluding hydrogens is 152 g/mol. The van der Waals surface area contributed by atoms with Gasteiger partial charge in [-0.15, -0.1) is 0 Å². The molecule has 0 amide bonds. The lowest BCUT2D eigenvalue weighted by Crippen LogP contribution is -2.47. The van der Waals surface area contributed by atoms with Crippen molar-refractivity contribution in [2.24, 2.45) is 5.92 Å². The van der Waals surface area contributed by atoms with Crippen LogP contribution in [-0.2, 0) is 0 Å². The molecule has 0 saturated heterocycles. The largest absolute Gasteiger partial charge is 0.393 e. The maximum atomic E-state index is 10.2. The first kappa shape index (κ1) is 8.52. The van der Waals surface area contributed by atoms with Crippen LogP contribution in [0.25, 0.3) is 0 Å². The van der Waals surface area contributed by atoms with Crippen molar-refractivity contribution in [1.29, 1.82) is 0 Å². The van der Waals surface area contributed by atoms with Crippen LogP contribution in [0.2, 0.25) is 0 Å². The maximum Gasteiger partial charge on any atom is 0.0700 e. The third-order valence-corrected chi connectivity index (χ3v) is 3.61. The predicted molar refractivity (Wildman–Crippen MR) is 46.8 cm³/mol. The van der Waals surface area contributed by atoms with Gasteiger partial charge < -0.3 is 10.2 Å². The molecule has 2 heteroatoms. The van der Waals surface area contributed by atoms with Crippen molar-refractivity contribution in [3.63, 3.8) is 0 Å². The standard InChI is InChI=1S/C10H18O2/c11-9-5-4-8-3-1-2-6-10(8,12)7-9/h8-9,11-12H,1-7H2. The normalized spacial score (nSPS) is 48.5. The summed E-state index contributed by atoms with van der Waals surface area (Å²) in [5.74, 6) is 0.481. The van der Waals surface area contributed by atoms with Crippen molar-refractivity contribution < 1.29 is 10.2 Å². The molecule has 2 rings (SSSR count). The molecule has 2 aliphatic carbocycles. The molecule has 0 aliphatic heterocycles. The van der Waals surface area contributed by atoms with E-state index in [9.17, 15) is 10.2 Å². The molecule has 2 nitrogen and oxygen atoms in total. The number of rotatable bonds is 0. The molecule has 0 spiro atoms. The zero-order chi connectivity index (χ0) is 8.60. The minimum absolute atomic E-state index is 0.246. The molecule has 0 aromatic heterocycles. The lowest BCUT2D eigenvalue weighted by Gasteiger charge is -2.45. The Morgan fingerprint density at radius 1 is 1.08 bits per heavy atom. The number of hydrogen-bond donors (Lipinski definition) is 2. The summed E-state index contributed by atoms with van der Waals surface area (Å²) in [4.78, 5) is 0. The van der Waals surface area contributed by atoms with Gasteiger partial charge in [-0.25, -0.2) is 0 Å². The van der Waals surface area contributed by atoms with E-state index in [0.29, 0.717) is 12.3 Å². The fourth-order valence-electron chi connectivity index (χ4n) is 2.88. The Bertz CT molecular complexity index is 169. The van der Waals surface area contributed by atoms with Crippen LogP contribution in [0.1, 0.15) is 44.9 Å². The fourth-order valence-corrected chi connectivity index (χ4v) is 2.88. The minimum atomic E-state index is -0.504. The Balaban J connectivity index is 2.07. The second-order valence-electron chi connectivity index (χ2n) is 4.48. The molecule has 0 radical (unpaired) electrons. The van der Waals surface area contributed by atoms with Gasteiger partial charge in [0, 0.05) is 6.42 Å². The summed E-state index contributed by atoms with van der Waals surface area (Å²) in [6, 6.07) is 0. The molecule has 2 fully saturated rings. The third kappa shape index (κ3) is 1.38. The van der Waals surface area contributed by atoms with E-state index in [1.807, 2.05) is 0 Å². The highest BCUT2D eigenvalue weighted by Crippen LogP contribution is 2.43. The van der Waals surface area contributed by atoms with E-state index in [4.69, 9.17) is 0 Å². The van der Waals surface area contributed by atoms with Gasteiger partial charge in [-0.1, -0.05) is 12.8 Å². The van der Waals surface area contributed by atoms with Crippen LogP contribution >= 0.6 is 0 Å². The van der Waals surface area contributed by atoms with Crippen LogP contribution in [0.15, 0.2) is 0 Å². The van der Waals surface area contributed by atoms with Crippen LogP contribution < -0.4 is 0 Å². The van der Waals surface area contributed by atoms with Gasteiger partial charge in [0.25, 0.3) is 0 Å². The molecule has 2 N–H and O–H groups in total. The van der Waals surface area contributed by atoms with Crippen molar-refractivity contribution in [3.05, 3.63) is 0 Å². The van der Waals surface area contributed by atoms with E-state index < -0.39 is 5.60 Å². The Morgan fingerprint density at radius 3 is 2.75 bits per heavy atom. The molecule has 2 saturated carbocycles. The topological polar surface area (TPSA) is 40.5 Å². The molecule has 0 heterocycles. The maximum absolute atomic E-state index is 10.2. The highest BCUT2D eigenvalue weighted by Gasteiger charge is 2.43. The Hall–Kier alpha value is -0.0800. The third-order valence-electron chi connectivity index (χ3n) is 3.61. The van der Waals surface area contributed by atoms with E-state index in [-0.39, 0.29) is 6.10 Å². The Kier molecular flexibility index (Phi) is 2.13. The van der Waals surface area contributed by atoms with E-state index in [1.165, 1.54) is 12.8 Å². The number of hydrogen-bond acceptors (Lipinski definition) is 2. The fraction of sp³-hybridized carbons (Fsp3) is 1.00. The van der Waals surface area contributed by atoms with Crippen LogP contribution in [-0.4, -0.2) is 21.9 Å². The quantitative estimate of drug-likeness (QED) is 0.577. The molecule has 0 aromatic carbocycles. The van der Waals surface area contributed by atoms with Crippen molar-refractivity contribution in [1.82, 2.24) is 0 Å². The molecule has 12 heavy (non-hydrogen) atoms. The lowest BCUT2D eigenvalue weighted by molar-refractivity contribution is -0.108. The van der Waals surface area contributed by atoms with Gasteiger partial charge in [0.05, 0.1) is 11.7 Å². The van der Waals surface area contributed by atoms with Crippen LogP contribution in [0.4, 0.5) is 0 Å². The van der Waals surface area contributed by atoms with E-state index in [2.05, 4.69) is 0 Å². The van der Waals surface area contributed by atoms with Gasteiger partial charge >= 0.3 is 0 Å². The van der Waals surface area contributed by atoms with Gasteiger partial charge in [0.15, 0.2) is 0 Å². The summed E-state index contributed by atoms with van der Waals surface area (Å²) in [7, 11) is 0. The average molecular weight is 170 g/mol. The summed E-state index contributed by atoms with van der Waals surface area (Å²) in [6.07, 6.45) is 6.78. The number of aliphatic hydroxyl groups is 2. The first-order chi connectivity index (χ1) is 5.71. The van der Waals surface area contributed by atoms with Crippen LogP contribution in [0.5, 0.6) is 0 Å². The molecule has 3 unspecified atom stereocenters. The molecule has 0 bridgehead atoms. The van der Waals surface area contributed by atoms with Gasteiger partial charge in [0.2, 0.25) is 0 Å². The van der Waals surface area contributed by atoms with Crippen molar-refractivity contribution in [2.75, 3.05) is 0 Å². The predicted octanol–water partition coefficient (Wildman–Crippen LogP) is 1.45. The lowest BCUT2D eigenvalue weighted by atomic mass is 9.67. The zero-order valence-corrected chi connectivity index (χ0v) is 7.50.